The molecule has 1 aliphatic heterocycles. The lowest BCUT2D eigenvalue weighted by Crippen LogP contribution is -2.34. The first kappa shape index (κ1) is 17.0. The molecule has 4 rings (SSSR count). The summed E-state index contributed by atoms with van der Waals surface area (Å²) in [5, 5.41) is 0.926. The molecular weight excluding hydrogens is 356 g/mol. The number of aliphatic imine (C=N–C) groups is 1. The van der Waals surface area contributed by atoms with Crippen molar-refractivity contribution in [2.75, 3.05) is 4.90 Å². The molecule has 0 fully saturated rings. The van der Waals surface area contributed by atoms with Crippen LogP contribution in [0.15, 0.2) is 89.9 Å². The van der Waals surface area contributed by atoms with Gasteiger partial charge in [0.2, 0.25) is 0 Å². The molecule has 0 radical (unpaired) electrons. The fraction of sp³-hybridized carbons (Fsp3) is 0.0909. The minimum atomic E-state index is 0.722. The molecule has 0 N–H and O–H groups in total. The van der Waals surface area contributed by atoms with Gasteiger partial charge < -0.3 is 0 Å². The van der Waals surface area contributed by atoms with Gasteiger partial charge in [-0.3, -0.25) is 4.90 Å². The summed E-state index contributed by atoms with van der Waals surface area (Å²) in [5.41, 5.74) is 4.51. The maximum Gasteiger partial charge on any atom is 0.174 e. The highest BCUT2D eigenvalue weighted by molar-refractivity contribution is 8.13. The Bertz CT molecular complexity index is 937. The quantitative estimate of drug-likeness (QED) is 0.523. The minimum absolute atomic E-state index is 0.722. The number of hydrogen-bond donors (Lipinski definition) is 0. The molecule has 0 atom stereocenters. The normalized spacial score (nSPS) is 13.8. The van der Waals surface area contributed by atoms with Gasteiger partial charge in [-0.25, -0.2) is 4.99 Å². The highest BCUT2D eigenvalue weighted by Crippen LogP contribution is 2.31. The van der Waals surface area contributed by atoms with Crippen molar-refractivity contribution < 1.29 is 0 Å². The first-order chi connectivity index (χ1) is 12.8. The van der Waals surface area contributed by atoms with Gasteiger partial charge in [-0.2, -0.15) is 0 Å². The molecular formula is C22H18N2S2. The van der Waals surface area contributed by atoms with Crippen LogP contribution in [0.5, 0.6) is 0 Å². The van der Waals surface area contributed by atoms with Crippen LogP contribution in [0.3, 0.4) is 0 Å². The Kier molecular flexibility index (Phi) is 5.14. The molecule has 3 aromatic rings. The van der Waals surface area contributed by atoms with Crippen LogP contribution in [0, 0.1) is 0 Å². The van der Waals surface area contributed by atoms with Crippen LogP contribution >= 0.6 is 24.0 Å². The zero-order chi connectivity index (χ0) is 17.8. The molecule has 0 saturated carbocycles. The molecule has 0 bridgehead atoms. The lowest BCUT2D eigenvalue weighted by molar-refractivity contribution is 1.31. The average Bonchev–Trinajstić information content (AvgIpc) is 2.83. The van der Waals surface area contributed by atoms with Crippen molar-refractivity contribution >= 4 is 45.5 Å². The number of hydrogen-bond acceptors (Lipinski definition) is 3. The van der Waals surface area contributed by atoms with Gasteiger partial charge in [-0.05, 0) is 29.3 Å². The summed E-state index contributed by atoms with van der Waals surface area (Å²) in [4.78, 5) is 7.97. The number of fused-ring (bicyclic) bond motifs is 1. The third kappa shape index (κ3) is 3.71. The van der Waals surface area contributed by atoms with Crippen LogP contribution in [0.1, 0.15) is 11.1 Å². The van der Waals surface area contributed by atoms with Crippen LogP contribution in [0.2, 0.25) is 0 Å². The SMILES string of the molecule is S=C1Cc2ccccc2N=C(SCc2ccccc2)N1c1ccccc1. The van der Waals surface area contributed by atoms with Gasteiger partial charge in [0.05, 0.1) is 10.7 Å². The van der Waals surface area contributed by atoms with Crippen molar-refractivity contribution in [1.82, 2.24) is 0 Å². The first-order valence-corrected chi connectivity index (χ1v) is 9.92. The summed E-state index contributed by atoms with van der Waals surface area (Å²) >= 11 is 7.53. The fourth-order valence-electron chi connectivity index (χ4n) is 2.92. The van der Waals surface area contributed by atoms with E-state index in [-0.39, 0.29) is 0 Å². The van der Waals surface area contributed by atoms with Gasteiger partial charge in [-0.1, -0.05) is 90.7 Å². The number of thioether (sulfide) groups is 1. The summed E-state index contributed by atoms with van der Waals surface area (Å²) in [6.45, 7) is 0. The number of rotatable bonds is 3. The second-order valence-corrected chi connectivity index (χ2v) is 7.45. The van der Waals surface area contributed by atoms with E-state index in [9.17, 15) is 0 Å². The minimum Gasteiger partial charge on any atom is -0.283 e. The lowest BCUT2D eigenvalue weighted by atomic mass is 10.1. The van der Waals surface area contributed by atoms with Crippen LogP contribution in [0.4, 0.5) is 11.4 Å². The van der Waals surface area contributed by atoms with E-state index in [1.807, 2.05) is 36.4 Å². The van der Waals surface area contributed by atoms with E-state index in [0.717, 1.165) is 33.7 Å². The maximum absolute atomic E-state index is 5.81. The van der Waals surface area contributed by atoms with Crippen molar-refractivity contribution in [3.8, 4) is 0 Å². The van der Waals surface area contributed by atoms with E-state index < -0.39 is 0 Å². The van der Waals surface area contributed by atoms with Gasteiger partial charge in [0.1, 0.15) is 0 Å². The summed E-state index contributed by atoms with van der Waals surface area (Å²) in [6, 6.07) is 29.0. The number of para-hydroxylation sites is 2. The van der Waals surface area contributed by atoms with E-state index in [1.165, 1.54) is 11.1 Å². The second-order valence-electron chi connectivity index (χ2n) is 6.04. The lowest BCUT2D eigenvalue weighted by Gasteiger charge is -2.24. The van der Waals surface area contributed by atoms with Crippen molar-refractivity contribution in [3.05, 3.63) is 96.1 Å². The summed E-state index contributed by atoms with van der Waals surface area (Å²) in [7, 11) is 0. The highest BCUT2D eigenvalue weighted by atomic mass is 32.2. The van der Waals surface area contributed by atoms with E-state index in [2.05, 4.69) is 53.4 Å². The Morgan fingerprint density at radius 3 is 2.27 bits per heavy atom. The van der Waals surface area contributed by atoms with Crippen molar-refractivity contribution in [1.29, 1.82) is 0 Å². The zero-order valence-corrected chi connectivity index (χ0v) is 15.8. The Labute approximate surface area is 163 Å². The first-order valence-electron chi connectivity index (χ1n) is 8.52. The number of nitrogens with zero attached hydrogens (tertiary/aromatic N) is 2. The number of anilines is 1. The molecule has 1 heterocycles. The Hall–Kier alpha value is -2.43. The number of benzene rings is 3. The number of amidine groups is 1. The van der Waals surface area contributed by atoms with Crippen LogP contribution in [-0.2, 0) is 12.2 Å². The van der Waals surface area contributed by atoms with Crippen LogP contribution in [-0.4, -0.2) is 10.2 Å². The summed E-state index contributed by atoms with van der Waals surface area (Å²) in [5.74, 6) is 0.855. The van der Waals surface area contributed by atoms with Crippen LogP contribution < -0.4 is 4.90 Å². The zero-order valence-electron chi connectivity index (χ0n) is 14.2. The standard InChI is InChI=1S/C22H18N2S2/c25-21-15-18-11-7-8-14-20(18)23-22(24(21)19-12-5-2-6-13-19)26-16-17-9-3-1-4-10-17/h1-14H,15-16H2. The van der Waals surface area contributed by atoms with E-state index in [0.29, 0.717) is 0 Å². The molecule has 3 aromatic carbocycles. The molecule has 2 nitrogen and oxygen atoms in total. The van der Waals surface area contributed by atoms with Crippen LogP contribution in [0.25, 0.3) is 0 Å². The average molecular weight is 375 g/mol. The molecule has 0 aliphatic carbocycles. The molecule has 128 valence electrons. The topological polar surface area (TPSA) is 15.6 Å². The Balaban J connectivity index is 1.72. The van der Waals surface area contributed by atoms with Gasteiger partial charge >= 0.3 is 0 Å². The van der Waals surface area contributed by atoms with Gasteiger partial charge in [0.15, 0.2) is 5.17 Å². The molecule has 4 heteroatoms. The maximum atomic E-state index is 5.81. The third-order valence-corrected chi connectivity index (χ3v) is 5.55. The monoisotopic (exact) mass is 374 g/mol. The molecule has 0 spiro atoms. The highest BCUT2D eigenvalue weighted by Gasteiger charge is 2.23. The van der Waals surface area contributed by atoms with Crippen molar-refractivity contribution in [2.45, 2.75) is 12.2 Å². The van der Waals surface area contributed by atoms with E-state index in [1.54, 1.807) is 11.8 Å². The summed E-state index contributed by atoms with van der Waals surface area (Å²) < 4.78 is 0. The third-order valence-electron chi connectivity index (χ3n) is 4.22. The molecule has 0 saturated heterocycles. The summed E-state index contributed by atoms with van der Waals surface area (Å²) in [6.07, 6.45) is 0.722. The fourth-order valence-corrected chi connectivity index (χ4v) is 4.32. The number of thiocarbonyl (C=S) groups is 1. The van der Waals surface area contributed by atoms with Gasteiger partial charge in [-0.15, -0.1) is 0 Å². The predicted octanol–water partition coefficient (Wildman–Crippen LogP) is 6.00. The predicted molar refractivity (Wildman–Crippen MR) is 116 cm³/mol. The van der Waals surface area contributed by atoms with Crippen molar-refractivity contribution in [2.24, 2.45) is 4.99 Å². The second kappa shape index (κ2) is 7.85. The van der Waals surface area contributed by atoms with E-state index >= 15 is 0 Å². The molecule has 0 aromatic heterocycles. The Morgan fingerprint density at radius 1 is 0.846 bits per heavy atom. The molecule has 1 aliphatic rings. The van der Waals surface area contributed by atoms with Gasteiger partial charge in [0, 0.05) is 17.9 Å². The van der Waals surface area contributed by atoms with E-state index in [4.69, 9.17) is 17.2 Å². The Morgan fingerprint density at radius 2 is 1.50 bits per heavy atom. The molecule has 0 unspecified atom stereocenters. The smallest absolute Gasteiger partial charge is 0.174 e. The largest absolute Gasteiger partial charge is 0.283 e. The van der Waals surface area contributed by atoms with Crippen molar-refractivity contribution in [3.63, 3.8) is 0 Å². The molecule has 26 heavy (non-hydrogen) atoms. The molecule has 0 amide bonds. The van der Waals surface area contributed by atoms with Gasteiger partial charge in [0.25, 0.3) is 0 Å².